The molecule has 4 N–H and O–H groups in total. The average molecular weight is 235 g/mol. The van der Waals surface area contributed by atoms with E-state index in [1.165, 1.54) is 24.3 Å². The fourth-order valence-corrected chi connectivity index (χ4v) is 1.46. The van der Waals surface area contributed by atoms with Gasteiger partial charge in [-0.1, -0.05) is 24.8 Å². The predicted molar refractivity (Wildman–Crippen MR) is 62.8 cm³/mol. The number of carboxylic acids is 1. The smallest absolute Gasteiger partial charge is 0.305 e. The van der Waals surface area contributed by atoms with E-state index in [1.54, 1.807) is 0 Å². The number of aromatic hydroxyl groups is 1. The van der Waals surface area contributed by atoms with Gasteiger partial charge in [-0.15, -0.1) is 0 Å². The van der Waals surface area contributed by atoms with Crippen molar-refractivity contribution in [3.05, 3.63) is 35.9 Å². The van der Waals surface area contributed by atoms with Gasteiger partial charge < -0.3 is 15.9 Å². The van der Waals surface area contributed by atoms with Crippen LogP contribution in [0.25, 0.3) is 6.08 Å². The second kappa shape index (κ2) is 5.27. The molecule has 1 aromatic rings. The van der Waals surface area contributed by atoms with Crippen molar-refractivity contribution in [3.8, 4) is 5.75 Å². The van der Waals surface area contributed by atoms with Crippen molar-refractivity contribution in [2.45, 2.75) is 12.5 Å². The average Bonchev–Trinajstić information content (AvgIpc) is 2.26. The molecule has 0 heterocycles. The van der Waals surface area contributed by atoms with Gasteiger partial charge in [0.05, 0.1) is 12.5 Å². The third-order valence-electron chi connectivity index (χ3n) is 2.28. The number of Topliss-reactive ketones (excluding diaryl/α,β-unsaturated/α-hetero) is 1. The van der Waals surface area contributed by atoms with Crippen molar-refractivity contribution in [1.82, 2.24) is 0 Å². The summed E-state index contributed by atoms with van der Waals surface area (Å²) in [6.45, 7) is 3.49. The number of hydrogen-bond donors (Lipinski definition) is 3. The van der Waals surface area contributed by atoms with Gasteiger partial charge >= 0.3 is 5.97 Å². The first kappa shape index (κ1) is 12.9. The van der Waals surface area contributed by atoms with Crippen LogP contribution >= 0.6 is 0 Å². The molecule has 0 aliphatic carbocycles. The van der Waals surface area contributed by atoms with E-state index in [0.29, 0.717) is 0 Å². The maximum Gasteiger partial charge on any atom is 0.305 e. The molecule has 1 aromatic carbocycles. The number of carbonyl (C=O) groups is 2. The first-order chi connectivity index (χ1) is 7.97. The molecule has 17 heavy (non-hydrogen) atoms. The van der Waals surface area contributed by atoms with Gasteiger partial charge in [-0.2, -0.15) is 0 Å². The number of carbonyl (C=O) groups excluding carboxylic acids is 1. The van der Waals surface area contributed by atoms with Gasteiger partial charge in [-0.25, -0.2) is 0 Å². The fourth-order valence-electron chi connectivity index (χ4n) is 1.46. The Balaban J connectivity index is 3.08. The monoisotopic (exact) mass is 235 g/mol. The van der Waals surface area contributed by atoms with Crippen molar-refractivity contribution in [2.24, 2.45) is 5.73 Å². The Labute approximate surface area is 98.2 Å². The van der Waals surface area contributed by atoms with E-state index < -0.39 is 24.2 Å². The maximum atomic E-state index is 11.9. The van der Waals surface area contributed by atoms with Gasteiger partial charge in [-0.3, -0.25) is 9.59 Å². The van der Waals surface area contributed by atoms with E-state index in [-0.39, 0.29) is 16.9 Å². The molecule has 0 amide bonds. The highest BCUT2D eigenvalue weighted by molar-refractivity contribution is 6.04. The van der Waals surface area contributed by atoms with Crippen LogP contribution in [0.15, 0.2) is 24.8 Å². The molecule has 0 radical (unpaired) electrons. The lowest BCUT2D eigenvalue weighted by molar-refractivity contribution is -0.137. The van der Waals surface area contributed by atoms with Crippen LogP contribution in [0.4, 0.5) is 0 Å². The SMILES string of the molecule is C=Cc1c(O)cccc1C(=O)[C@@H](N)CC(=O)O. The van der Waals surface area contributed by atoms with Crippen molar-refractivity contribution in [1.29, 1.82) is 0 Å². The molecular formula is C12H13NO4. The normalized spacial score (nSPS) is 11.8. The molecule has 5 heteroatoms. The summed E-state index contributed by atoms with van der Waals surface area (Å²) in [5, 5.41) is 18.1. The Kier molecular flexibility index (Phi) is 4.01. The summed E-state index contributed by atoms with van der Waals surface area (Å²) in [4.78, 5) is 22.3. The minimum atomic E-state index is -1.15. The molecule has 5 nitrogen and oxygen atoms in total. The van der Waals surface area contributed by atoms with Crippen LogP contribution in [0.5, 0.6) is 5.75 Å². The highest BCUT2D eigenvalue weighted by atomic mass is 16.4. The Hall–Kier alpha value is -2.14. The first-order valence-corrected chi connectivity index (χ1v) is 4.93. The molecule has 0 spiro atoms. The van der Waals surface area contributed by atoms with Crippen molar-refractivity contribution < 1.29 is 19.8 Å². The number of carboxylic acid groups (broad SMARTS) is 1. The number of aliphatic carboxylic acids is 1. The summed E-state index contributed by atoms with van der Waals surface area (Å²) >= 11 is 0. The molecule has 90 valence electrons. The van der Waals surface area contributed by atoms with Crippen LogP contribution < -0.4 is 5.73 Å². The molecule has 0 saturated heterocycles. The summed E-state index contributed by atoms with van der Waals surface area (Å²) in [5.41, 5.74) is 5.91. The van der Waals surface area contributed by atoms with Gasteiger partial charge in [0.2, 0.25) is 0 Å². The van der Waals surface area contributed by atoms with Crippen molar-refractivity contribution >= 4 is 17.8 Å². The highest BCUT2D eigenvalue weighted by Crippen LogP contribution is 2.23. The Morgan fingerprint density at radius 2 is 2.12 bits per heavy atom. The highest BCUT2D eigenvalue weighted by Gasteiger charge is 2.21. The molecule has 0 aliphatic rings. The Morgan fingerprint density at radius 1 is 1.47 bits per heavy atom. The van der Waals surface area contributed by atoms with Crippen molar-refractivity contribution in [3.63, 3.8) is 0 Å². The zero-order chi connectivity index (χ0) is 13.0. The van der Waals surface area contributed by atoms with E-state index in [0.717, 1.165) is 0 Å². The summed E-state index contributed by atoms with van der Waals surface area (Å²) in [5.74, 6) is -1.77. The van der Waals surface area contributed by atoms with E-state index >= 15 is 0 Å². The molecule has 1 atom stereocenters. The largest absolute Gasteiger partial charge is 0.507 e. The second-order valence-corrected chi connectivity index (χ2v) is 3.51. The summed E-state index contributed by atoms with van der Waals surface area (Å²) in [6.07, 6.45) is 0.876. The third-order valence-corrected chi connectivity index (χ3v) is 2.28. The topological polar surface area (TPSA) is 101 Å². The van der Waals surface area contributed by atoms with Gasteiger partial charge in [0, 0.05) is 11.1 Å². The van der Waals surface area contributed by atoms with Gasteiger partial charge in [0.15, 0.2) is 5.78 Å². The van der Waals surface area contributed by atoms with Gasteiger partial charge in [-0.05, 0) is 6.07 Å². The van der Waals surface area contributed by atoms with E-state index in [4.69, 9.17) is 10.8 Å². The zero-order valence-electron chi connectivity index (χ0n) is 9.09. The van der Waals surface area contributed by atoms with E-state index in [2.05, 4.69) is 6.58 Å². The van der Waals surface area contributed by atoms with Crippen LogP contribution in [-0.2, 0) is 4.79 Å². The number of benzene rings is 1. The summed E-state index contributed by atoms with van der Waals surface area (Å²) in [7, 11) is 0. The number of phenols is 1. The minimum absolute atomic E-state index is 0.0895. The molecule has 0 fully saturated rings. The first-order valence-electron chi connectivity index (χ1n) is 4.93. The third kappa shape index (κ3) is 2.92. The van der Waals surface area contributed by atoms with Crippen LogP contribution in [0.1, 0.15) is 22.3 Å². The predicted octanol–water partition coefficient (Wildman–Crippen LogP) is 1.02. The minimum Gasteiger partial charge on any atom is -0.507 e. The lowest BCUT2D eigenvalue weighted by Gasteiger charge is -2.11. The zero-order valence-corrected chi connectivity index (χ0v) is 9.09. The molecular weight excluding hydrogens is 222 g/mol. The Morgan fingerprint density at radius 3 is 2.65 bits per heavy atom. The summed E-state index contributed by atoms with van der Waals surface area (Å²) in [6, 6.07) is 3.24. The number of rotatable bonds is 5. The Bertz CT molecular complexity index is 468. The fraction of sp³-hybridized carbons (Fsp3) is 0.167. The van der Waals surface area contributed by atoms with Crippen LogP contribution in [0.2, 0.25) is 0 Å². The number of hydrogen-bond acceptors (Lipinski definition) is 4. The van der Waals surface area contributed by atoms with Crippen molar-refractivity contribution in [2.75, 3.05) is 0 Å². The quantitative estimate of drug-likeness (QED) is 0.661. The van der Waals surface area contributed by atoms with Crippen LogP contribution in [-0.4, -0.2) is 28.0 Å². The van der Waals surface area contributed by atoms with Crippen LogP contribution in [0, 0.1) is 0 Å². The van der Waals surface area contributed by atoms with Gasteiger partial charge in [0.1, 0.15) is 5.75 Å². The molecule has 0 bridgehead atoms. The second-order valence-electron chi connectivity index (χ2n) is 3.51. The molecule has 0 unspecified atom stereocenters. The molecule has 1 rings (SSSR count). The van der Waals surface area contributed by atoms with Gasteiger partial charge in [0.25, 0.3) is 0 Å². The lowest BCUT2D eigenvalue weighted by Crippen LogP contribution is -2.33. The molecule has 0 saturated carbocycles. The number of ketones is 1. The number of nitrogens with two attached hydrogens (primary N) is 1. The van der Waals surface area contributed by atoms with Crippen LogP contribution in [0.3, 0.4) is 0 Å². The maximum absolute atomic E-state index is 11.9. The molecule has 0 aliphatic heterocycles. The molecule has 0 aromatic heterocycles. The van der Waals surface area contributed by atoms with E-state index in [9.17, 15) is 14.7 Å². The van der Waals surface area contributed by atoms with E-state index in [1.807, 2.05) is 0 Å². The summed E-state index contributed by atoms with van der Waals surface area (Å²) < 4.78 is 0. The lowest BCUT2D eigenvalue weighted by atomic mass is 9.97. The standard InChI is InChI=1S/C12H13NO4/c1-2-7-8(4-3-5-10(7)14)12(17)9(13)6-11(15)16/h2-5,9,14H,1,6,13H2,(H,15,16)/t9-/m0/s1. The number of phenolic OH excluding ortho intramolecular Hbond substituents is 1.